The summed E-state index contributed by atoms with van der Waals surface area (Å²) in [4.78, 5) is 29.1. The normalized spacial score (nSPS) is 12.9. The summed E-state index contributed by atoms with van der Waals surface area (Å²) in [6, 6.07) is 21.9. The summed E-state index contributed by atoms with van der Waals surface area (Å²) in [5.41, 5.74) is 2.56. The predicted molar refractivity (Wildman–Crippen MR) is 159 cm³/mol. The Morgan fingerprint density at radius 3 is 2.23 bits per heavy atom. The van der Waals surface area contributed by atoms with E-state index in [1.807, 2.05) is 74.5 Å². The van der Waals surface area contributed by atoms with E-state index in [1.54, 1.807) is 17.0 Å². The Balaban J connectivity index is 1.97. The Bertz CT molecular complexity index is 1260. The lowest BCUT2D eigenvalue weighted by Gasteiger charge is -2.32. The first-order valence-electron chi connectivity index (χ1n) is 13.3. The third-order valence-corrected chi connectivity index (χ3v) is 7.39. The fourth-order valence-corrected chi connectivity index (χ4v) is 4.58. The first kappa shape index (κ1) is 30.5. The summed E-state index contributed by atoms with van der Waals surface area (Å²) in [7, 11) is 0. The standard InChI is InChI=1S/C32H38Cl2N2O3/c1-6-22(2)35-31(38)28(19-23-12-8-7-9-13-23)36(20-24-16-17-26(33)27(34)18-24)30(37)21-39-29-15-11-10-14-25(29)32(3,4)5/h7-18,22,28H,6,19-21H2,1-5H3,(H,35,38). The molecule has 0 saturated carbocycles. The number of para-hydroxylation sites is 1. The molecule has 0 bridgehead atoms. The van der Waals surface area contributed by atoms with Crippen molar-refractivity contribution in [2.45, 2.75) is 71.5 Å². The summed E-state index contributed by atoms with van der Waals surface area (Å²) in [6.45, 7) is 10.2. The maximum atomic E-state index is 13.9. The average Bonchev–Trinajstić information content (AvgIpc) is 2.91. The second-order valence-corrected chi connectivity index (χ2v) is 11.6. The van der Waals surface area contributed by atoms with Crippen LogP contribution in [0.1, 0.15) is 57.7 Å². The van der Waals surface area contributed by atoms with Crippen LogP contribution in [0.2, 0.25) is 10.0 Å². The van der Waals surface area contributed by atoms with Crippen LogP contribution in [-0.2, 0) is 28.0 Å². The van der Waals surface area contributed by atoms with Gasteiger partial charge in [0.1, 0.15) is 11.8 Å². The largest absolute Gasteiger partial charge is 0.483 e. The highest BCUT2D eigenvalue weighted by Crippen LogP contribution is 2.31. The molecule has 3 aromatic rings. The molecule has 2 amide bonds. The van der Waals surface area contributed by atoms with Crippen LogP contribution in [0.15, 0.2) is 72.8 Å². The second kappa shape index (κ2) is 13.9. The van der Waals surface area contributed by atoms with Crippen molar-refractivity contribution < 1.29 is 14.3 Å². The van der Waals surface area contributed by atoms with Gasteiger partial charge in [0.2, 0.25) is 5.91 Å². The molecular formula is C32H38Cl2N2O3. The van der Waals surface area contributed by atoms with Crippen LogP contribution in [-0.4, -0.2) is 35.4 Å². The third-order valence-electron chi connectivity index (χ3n) is 6.66. The second-order valence-electron chi connectivity index (χ2n) is 10.8. The Labute approximate surface area is 242 Å². The van der Waals surface area contributed by atoms with Crippen LogP contribution in [0.25, 0.3) is 0 Å². The molecule has 5 nitrogen and oxygen atoms in total. The molecule has 0 fully saturated rings. The molecule has 2 atom stereocenters. The minimum Gasteiger partial charge on any atom is -0.483 e. The monoisotopic (exact) mass is 568 g/mol. The molecule has 0 aromatic heterocycles. The quantitative estimate of drug-likeness (QED) is 0.265. The summed E-state index contributed by atoms with van der Waals surface area (Å²) < 4.78 is 6.10. The average molecular weight is 570 g/mol. The molecular weight excluding hydrogens is 531 g/mol. The van der Waals surface area contributed by atoms with Crippen molar-refractivity contribution in [1.82, 2.24) is 10.2 Å². The van der Waals surface area contributed by atoms with Crippen LogP contribution in [0.4, 0.5) is 0 Å². The van der Waals surface area contributed by atoms with Gasteiger partial charge in [-0.3, -0.25) is 9.59 Å². The van der Waals surface area contributed by atoms with Crippen molar-refractivity contribution in [3.05, 3.63) is 99.5 Å². The van der Waals surface area contributed by atoms with Crippen LogP contribution in [0.5, 0.6) is 5.75 Å². The van der Waals surface area contributed by atoms with Crippen LogP contribution in [0, 0.1) is 0 Å². The van der Waals surface area contributed by atoms with Gasteiger partial charge in [-0.1, -0.05) is 105 Å². The minimum absolute atomic E-state index is 0.0346. The SMILES string of the molecule is CCC(C)NC(=O)C(Cc1ccccc1)N(Cc1ccc(Cl)c(Cl)c1)C(=O)COc1ccccc1C(C)(C)C. The number of halogens is 2. The number of benzene rings is 3. The van der Waals surface area contributed by atoms with Gasteiger partial charge in [0.25, 0.3) is 5.91 Å². The van der Waals surface area contributed by atoms with E-state index < -0.39 is 6.04 Å². The van der Waals surface area contributed by atoms with Crippen molar-refractivity contribution in [3.63, 3.8) is 0 Å². The Kier molecular flexibility index (Phi) is 10.8. The van der Waals surface area contributed by atoms with E-state index >= 15 is 0 Å². The molecule has 3 aromatic carbocycles. The molecule has 0 radical (unpaired) electrons. The summed E-state index contributed by atoms with van der Waals surface area (Å²) in [6.07, 6.45) is 1.13. The fourth-order valence-electron chi connectivity index (χ4n) is 4.26. The number of nitrogens with zero attached hydrogens (tertiary/aromatic N) is 1. The first-order valence-corrected chi connectivity index (χ1v) is 14.0. The number of hydrogen-bond acceptors (Lipinski definition) is 3. The molecule has 0 spiro atoms. The smallest absolute Gasteiger partial charge is 0.261 e. The highest BCUT2D eigenvalue weighted by molar-refractivity contribution is 6.42. The molecule has 3 rings (SSSR count). The lowest BCUT2D eigenvalue weighted by atomic mass is 9.86. The van der Waals surface area contributed by atoms with Gasteiger partial charge in [0.15, 0.2) is 6.61 Å². The van der Waals surface area contributed by atoms with Gasteiger partial charge in [-0.2, -0.15) is 0 Å². The van der Waals surface area contributed by atoms with Crippen molar-refractivity contribution in [2.75, 3.05) is 6.61 Å². The molecule has 0 aliphatic carbocycles. The number of amides is 2. The zero-order valence-corrected chi connectivity index (χ0v) is 24.9. The van der Waals surface area contributed by atoms with Crippen LogP contribution in [0.3, 0.4) is 0 Å². The number of carbonyl (C=O) groups excluding carboxylic acids is 2. The molecule has 1 N–H and O–H groups in total. The fraction of sp³-hybridized carbons (Fsp3) is 0.375. The van der Waals surface area contributed by atoms with Crippen molar-refractivity contribution in [1.29, 1.82) is 0 Å². The van der Waals surface area contributed by atoms with Gasteiger partial charge in [-0.05, 0) is 53.6 Å². The van der Waals surface area contributed by atoms with Gasteiger partial charge < -0.3 is 15.0 Å². The maximum Gasteiger partial charge on any atom is 0.261 e. The molecule has 0 saturated heterocycles. The van der Waals surface area contributed by atoms with E-state index in [1.165, 1.54) is 0 Å². The van der Waals surface area contributed by atoms with E-state index in [-0.39, 0.29) is 36.4 Å². The molecule has 0 aliphatic rings. The van der Waals surface area contributed by atoms with Gasteiger partial charge in [0.05, 0.1) is 10.0 Å². The molecule has 0 heterocycles. The van der Waals surface area contributed by atoms with Crippen molar-refractivity contribution >= 4 is 35.0 Å². The third kappa shape index (κ3) is 8.74. The molecule has 7 heteroatoms. The predicted octanol–water partition coefficient (Wildman–Crippen LogP) is 7.22. The minimum atomic E-state index is -0.759. The summed E-state index contributed by atoms with van der Waals surface area (Å²) >= 11 is 12.4. The Morgan fingerprint density at radius 2 is 1.59 bits per heavy atom. The van der Waals surface area contributed by atoms with Crippen molar-refractivity contribution in [2.24, 2.45) is 0 Å². The zero-order valence-electron chi connectivity index (χ0n) is 23.3. The Hall–Kier alpha value is -3.02. The topological polar surface area (TPSA) is 58.6 Å². The van der Waals surface area contributed by atoms with E-state index in [9.17, 15) is 9.59 Å². The summed E-state index contributed by atoms with van der Waals surface area (Å²) in [5, 5.41) is 3.89. The van der Waals surface area contributed by atoms with Crippen LogP contribution >= 0.6 is 23.2 Å². The van der Waals surface area contributed by atoms with E-state index in [2.05, 4.69) is 26.1 Å². The van der Waals surface area contributed by atoms with Crippen LogP contribution < -0.4 is 10.1 Å². The lowest BCUT2D eigenvalue weighted by Crippen LogP contribution is -2.53. The summed E-state index contributed by atoms with van der Waals surface area (Å²) in [5.74, 6) is 0.137. The van der Waals surface area contributed by atoms with Crippen molar-refractivity contribution in [3.8, 4) is 5.75 Å². The lowest BCUT2D eigenvalue weighted by molar-refractivity contribution is -0.143. The zero-order chi connectivity index (χ0) is 28.6. The van der Waals surface area contributed by atoms with E-state index in [0.717, 1.165) is 23.1 Å². The number of rotatable bonds is 11. The maximum absolute atomic E-state index is 13.9. The number of nitrogens with one attached hydrogen (secondary N) is 1. The molecule has 208 valence electrons. The number of hydrogen-bond donors (Lipinski definition) is 1. The number of ether oxygens (including phenoxy) is 1. The highest BCUT2D eigenvalue weighted by Gasteiger charge is 2.31. The highest BCUT2D eigenvalue weighted by atomic mass is 35.5. The van der Waals surface area contributed by atoms with Gasteiger partial charge >= 0.3 is 0 Å². The Morgan fingerprint density at radius 1 is 0.923 bits per heavy atom. The number of carbonyl (C=O) groups is 2. The first-order chi connectivity index (χ1) is 18.5. The van der Waals surface area contributed by atoms with Gasteiger partial charge in [0, 0.05) is 19.0 Å². The molecule has 2 unspecified atom stereocenters. The molecule has 0 aliphatic heterocycles. The van der Waals surface area contributed by atoms with Gasteiger partial charge in [-0.15, -0.1) is 0 Å². The van der Waals surface area contributed by atoms with E-state index in [0.29, 0.717) is 22.2 Å². The van der Waals surface area contributed by atoms with E-state index in [4.69, 9.17) is 27.9 Å². The van der Waals surface area contributed by atoms with Gasteiger partial charge in [-0.25, -0.2) is 0 Å². The molecule has 39 heavy (non-hydrogen) atoms.